The van der Waals surface area contributed by atoms with Gasteiger partial charge in [0.25, 0.3) is 0 Å². The molecular weight excluding hydrogens is 392 g/mol. The van der Waals surface area contributed by atoms with Gasteiger partial charge in [0, 0.05) is 19.3 Å². The predicted molar refractivity (Wildman–Crippen MR) is 79.7 cm³/mol. The van der Waals surface area contributed by atoms with Crippen molar-refractivity contribution in [1.82, 2.24) is 5.32 Å². The van der Waals surface area contributed by atoms with Gasteiger partial charge in [-0.1, -0.05) is 0 Å². The molecule has 0 saturated heterocycles. The lowest BCUT2D eigenvalue weighted by atomic mass is 10.3. The van der Waals surface area contributed by atoms with Crippen molar-refractivity contribution in [1.29, 1.82) is 0 Å². The van der Waals surface area contributed by atoms with E-state index in [4.69, 9.17) is 4.74 Å². The van der Waals surface area contributed by atoms with E-state index in [1.165, 1.54) is 0 Å². The van der Waals surface area contributed by atoms with Crippen molar-refractivity contribution in [3.05, 3.63) is 27.3 Å². The Morgan fingerprint density at radius 2 is 1.95 bits per heavy atom. The first kappa shape index (κ1) is 18.5. The molecule has 0 spiro atoms. The Labute approximate surface area is 129 Å². The fraction of sp³-hybridized carbons (Fsp3) is 0.364. The molecule has 2 N–H and O–H groups in total. The number of carbonyl (C=O) groups is 1. The molecule has 1 aromatic rings. The first-order valence-corrected chi connectivity index (χ1v) is 6.26. The quantitative estimate of drug-likeness (QED) is 0.432. The van der Waals surface area contributed by atoms with Crippen LogP contribution in [0.4, 0.5) is 14.5 Å². The molecule has 0 aromatic heterocycles. The van der Waals surface area contributed by atoms with Gasteiger partial charge in [0.15, 0.2) is 0 Å². The van der Waals surface area contributed by atoms with E-state index < -0.39 is 11.6 Å². The standard InChI is InChI=1S/C11H13F2IN2O2.ClH/c1-18-3-2-15-6-10(17)16-7-4-8(12)11(14)9(13)5-7;/h4-5,15H,2-3,6H2,1H3,(H,16,17);1H. The molecule has 0 unspecified atom stereocenters. The number of amides is 1. The molecule has 1 amide bonds. The number of nitrogens with one attached hydrogen (secondary N) is 2. The number of rotatable bonds is 6. The van der Waals surface area contributed by atoms with Crippen molar-refractivity contribution in [2.24, 2.45) is 0 Å². The third-order valence-corrected chi connectivity index (χ3v) is 3.07. The first-order chi connectivity index (χ1) is 8.54. The summed E-state index contributed by atoms with van der Waals surface area (Å²) in [6.45, 7) is 1.07. The monoisotopic (exact) mass is 406 g/mol. The fourth-order valence-corrected chi connectivity index (χ4v) is 1.52. The van der Waals surface area contributed by atoms with E-state index >= 15 is 0 Å². The second kappa shape index (κ2) is 9.40. The van der Waals surface area contributed by atoms with E-state index in [2.05, 4.69) is 10.6 Å². The third-order valence-electron chi connectivity index (χ3n) is 2.04. The van der Waals surface area contributed by atoms with Crippen molar-refractivity contribution >= 4 is 46.6 Å². The van der Waals surface area contributed by atoms with Crippen LogP contribution in [0.3, 0.4) is 0 Å². The molecule has 0 heterocycles. The number of benzene rings is 1. The highest BCUT2D eigenvalue weighted by molar-refractivity contribution is 14.1. The summed E-state index contributed by atoms with van der Waals surface area (Å²) in [4.78, 5) is 11.4. The molecule has 0 atom stereocenters. The van der Waals surface area contributed by atoms with Crippen molar-refractivity contribution in [3.8, 4) is 0 Å². The van der Waals surface area contributed by atoms with Crippen LogP contribution in [0.1, 0.15) is 0 Å². The van der Waals surface area contributed by atoms with Crippen LogP contribution >= 0.6 is 35.0 Å². The molecule has 0 bridgehead atoms. The number of anilines is 1. The summed E-state index contributed by atoms with van der Waals surface area (Å²) in [5.74, 6) is -1.76. The first-order valence-electron chi connectivity index (χ1n) is 5.18. The fourth-order valence-electron chi connectivity index (χ4n) is 1.21. The van der Waals surface area contributed by atoms with Crippen LogP contribution < -0.4 is 10.6 Å². The lowest BCUT2D eigenvalue weighted by molar-refractivity contribution is -0.115. The molecule has 4 nitrogen and oxygen atoms in total. The Balaban J connectivity index is 0.00000324. The van der Waals surface area contributed by atoms with E-state index in [9.17, 15) is 13.6 Å². The number of hydrogen-bond acceptors (Lipinski definition) is 3. The normalized spacial score (nSPS) is 9.89. The van der Waals surface area contributed by atoms with Gasteiger partial charge in [-0.3, -0.25) is 4.79 Å². The molecule has 19 heavy (non-hydrogen) atoms. The summed E-state index contributed by atoms with van der Waals surface area (Å²) in [6.07, 6.45) is 0. The minimum Gasteiger partial charge on any atom is -0.383 e. The van der Waals surface area contributed by atoms with Crippen molar-refractivity contribution < 1.29 is 18.3 Å². The average Bonchev–Trinajstić information content (AvgIpc) is 2.31. The summed E-state index contributed by atoms with van der Waals surface area (Å²) in [6, 6.07) is 2.16. The zero-order chi connectivity index (χ0) is 13.5. The summed E-state index contributed by atoms with van der Waals surface area (Å²) >= 11 is 1.56. The lowest BCUT2D eigenvalue weighted by Crippen LogP contribution is -2.30. The predicted octanol–water partition coefficient (Wildman–Crippen LogP) is 2.17. The minimum absolute atomic E-state index is 0. The van der Waals surface area contributed by atoms with Gasteiger partial charge in [0.1, 0.15) is 11.6 Å². The molecule has 0 aliphatic carbocycles. The minimum atomic E-state index is -0.696. The number of ether oxygens (including phenoxy) is 1. The molecule has 0 aliphatic heterocycles. The summed E-state index contributed by atoms with van der Waals surface area (Å²) in [7, 11) is 1.55. The van der Waals surface area contributed by atoms with Gasteiger partial charge in [-0.25, -0.2) is 8.78 Å². The van der Waals surface area contributed by atoms with Gasteiger partial charge in [0.05, 0.1) is 16.7 Å². The van der Waals surface area contributed by atoms with E-state index in [-0.39, 0.29) is 34.1 Å². The summed E-state index contributed by atoms with van der Waals surface area (Å²) in [5, 5.41) is 5.22. The average molecular weight is 407 g/mol. The Hall–Kier alpha value is -0.510. The third kappa shape index (κ3) is 6.46. The van der Waals surface area contributed by atoms with E-state index in [0.717, 1.165) is 12.1 Å². The molecule has 0 radical (unpaired) electrons. The molecule has 0 fully saturated rings. The van der Waals surface area contributed by atoms with Crippen molar-refractivity contribution in [2.75, 3.05) is 32.1 Å². The molecule has 1 rings (SSSR count). The molecular formula is C11H14ClF2IN2O2. The largest absolute Gasteiger partial charge is 0.383 e. The zero-order valence-corrected chi connectivity index (χ0v) is 13.1. The number of halogens is 4. The SMILES string of the molecule is COCCNCC(=O)Nc1cc(F)c(I)c(F)c1.Cl. The van der Waals surface area contributed by atoms with Crippen LogP contribution in [-0.2, 0) is 9.53 Å². The molecule has 8 heteroatoms. The smallest absolute Gasteiger partial charge is 0.238 e. The topological polar surface area (TPSA) is 50.4 Å². The number of carbonyl (C=O) groups excluding carboxylic acids is 1. The maximum Gasteiger partial charge on any atom is 0.238 e. The van der Waals surface area contributed by atoms with Gasteiger partial charge in [-0.05, 0) is 34.7 Å². The van der Waals surface area contributed by atoms with Crippen molar-refractivity contribution in [2.45, 2.75) is 0 Å². The molecule has 0 saturated carbocycles. The van der Waals surface area contributed by atoms with Gasteiger partial charge in [0.2, 0.25) is 5.91 Å². The van der Waals surface area contributed by atoms with E-state index in [0.29, 0.717) is 13.2 Å². The van der Waals surface area contributed by atoms with Gasteiger partial charge in [-0.2, -0.15) is 0 Å². The second-order valence-electron chi connectivity index (χ2n) is 3.47. The zero-order valence-electron chi connectivity index (χ0n) is 10.1. The Bertz CT molecular complexity index is 412. The second-order valence-corrected chi connectivity index (χ2v) is 4.55. The summed E-state index contributed by atoms with van der Waals surface area (Å²) < 4.78 is 31.1. The molecule has 0 aliphatic rings. The van der Waals surface area contributed by atoms with Gasteiger partial charge < -0.3 is 15.4 Å². The maximum atomic E-state index is 13.2. The Kier molecular flexibility index (Phi) is 9.15. The highest BCUT2D eigenvalue weighted by Crippen LogP contribution is 2.20. The lowest BCUT2D eigenvalue weighted by Gasteiger charge is -2.07. The van der Waals surface area contributed by atoms with Crippen LogP contribution in [0, 0.1) is 15.2 Å². The van der Waals surface area contributed by atoms with Crippen LogP contribution in [0.5, 0.6) is 0 Å². The highest BCUT2D eigenvalue weighted by Gasteiger charge is 2.09. The van der Waals surface area contributed by atoms with Gasteiger partial charge >= 0.3 is 0 Å². The van der Waals surface area contributed by atoms with Gasteiger partial charge in [-0.15, -0.1) is 12.4 Å². The summed E-state index contributed by atoms with van der Waals surface area (Å²) in [5.41, 5.74) is 0.101. The highest BCUT2D eigenvalue weighted by atomic mass is 127. The molecule has 1 aromatic carbocycles. The number of hydrogen-bond donors (Lipinski definition) is 2. The number of methoxy groups -OCH3 is 1. The van der Waals surface area contributed by atoms with Crippen molar-refractivity contribution in [3.63, 3.8) is 0 Å². The van der Waals surface area contributed by atoms with Crippen LogP contribution in [0.25, 0.3) is 0 Å². The molecule has 108 valence electrons. The van der Waals surface area contributed by atoms with Crippen LogP contribution in [-0.4, -0.2) is 32.7 Å². The van der Waals surface area contributed by atoms with E-state index in [1.807, 2.05) is 0 Å². The Morgan fingerprint density at radius 1 is 1.37 bits per heavy atom. The Morgan fingerprint density at radius 3 is 2.47 bits per heavy atom. The van der Waals surface area contributed by atoms with Crippen LogP contribution in [0.2, 0.25) is 0 Å². The van der Waals surface area contributed by atoms with E-state index in [1.54, 1.807) is 29.7 Å². The maximum absolute atomic E-state index is 13.2. The van der Waals surface area contributed by atoms with Crippen LogP contribution in [0.15, 0.2) is 12.1 Å².